The van der Waals surface area contributed by atoms with Crippen molar-refractivity contribution in [2.45, 2.75) is 39.7 Å². The van der Waals surface area contributed by atoms with Gasteiger partial charge in [0, 0.05) is 18.8 Å². The Morgan fingerprint density at radius 2 is 1.73 bits per heavy atom. The summed E-state index contributed by atoms with van der Waals surface area (Å²) in [4.78, 5) is 26.7. The fourth-order valence-corrected chi connectivity index (χ4v) is 5.65. The maximum absolute atomic E-state index is 12.6. The smallest absolute Gasteiger partial charge is 0.228 e. The van der Waals surface area contributed by atoms with Gasteiger partial charge in [-0.2, -0.15) is 0 Å². The number of carbonyl (C=O) groups excluding carboxylic acids is 2. The lowest BCUT2D eigenvalue weighted by atomic mass is 10.0. The second-order valence-corrected chi connectivity index (χ2v) is 9.95. The van der Waals surface area contributed by atoms with Crippen LogP contribution >= 0.6 is 0 Å². The Labute approximate surface area is 154 Å². The molecule has 26 heavy (non-hydrogen) atoms. The second-order valence-electron chi connectivity index (χ2n) is 7.72. The zero-order valence-electron chi connectivity index (χ0n) is 15.7. The molecule has 3 rings (SSSR count). The van der Waals surface area contributed by atoms with E-state index in [1.54, 1.807) is 7.05 Å². The Hall–Kier alpha value is -1.89. The van der Waals surface area contributed by atoms with Gasteiger partial charge < -0.3 is 10.2 Å². The van der Waals surface area contributed by atoms with Gasteiger partial charge in [0.05, 0.1) is 23.3 Å². The van der Waals surface area contributed by atoms with Crippen molar-refractivity contribution in [1.29, 1.82) is 0 Å². The lowest BCUT2D eigenvalue weighted by Gasteiger charge is -2.23. The van der Waals surface area contributed by atoms with E-state index in [0.717, 1.165) is 22.4 Å². The molecule has 3 atom stereocenters. The summed E-state index contributed by atoms with van der Waals surface area (Å²) in [7, 11) is -1.39. The third-order valence-electron chi connectivity index (χ3n) is 5.47. The van der Waals surface area contributed by atoms with E-state index in [1.165, 1.54) is 4.90 Å². The van der Waals surface area contributed by atoms with Crippen LogP contribution in [0.3, 0.4) is 0 Å². The van der Waals surface area contributed by atoms with Gasteiger partial charge in [0.1, 0.15) is 0 Å². The van der Waals surface area contributed by atoms with E-state index < -0.39 is 9.84 Å². The third kappa shape index (κ3) is 3.77. The molecule has 0 spiro atoms. The first-order chi connectivity index (χ1) is 12.1. The Kier molecular flexibility index (Phi) is 4.86. The SMILES string of the molecule is Cc1cc(C)c(NC(=O)C2CC2C(=O)N(C)C2CCS(=O)(=O)C2)c(C)c1. The molecule has 1 aliphatic carbocycles. The number of sulfone groups is 1. The van der Waals surface area contributed by atoms with Crippen LogP contribution in [0.25, 0.3) is 0 Å². The van der Waals surface area contributed by atoms with Crippen LogP contribution in [0.5, 0.6) is 0 Å². The van der Waals surface area contributed by atoms with Crippen molar-refractivity contribution >= 4 is 27.3 Å². The highest BCUT2D eigenvalue weighted by atomic mass is 32.2. The molecule has 1 saturated heterocycles. The first-order valence-electron chi connectivity index (χ1n) is 8.95. The van der Waals surface area contributed by atoms with Crippen molar-refractivity contribution in [3.05, 3.63) is 28.8 Å². The molecule has 6 nitrogen and oxygen atoms in total. The van der Waals surface area contributed by atoms with Gasteiger partial charge in [0.25, 0.3) is 0 Å². The number of hydrogen-bond acceptors (Lipinski definition) is 4. The molecule has 142 valence electrons. The van der Waals surface area contributed by atoms with Crippen molar-refractivity contribution in [1.82, 2.24) is 4.90 Å². The highest BCUT2D eigenvalue weighted by molar-refractivity contribution is 7.91. The predicted molar refractivity (Wildman–Crippen MR) is 101 cm³/mol. The molecular formula is C19H26N2O4S. The molecule has 1 heterocycles. The van der Waals surface area contributed by atoms with Gasteiger partial charge >= 0.3 is 0 Å². The van der Waals surface area contributed by atoms with E-state index in [4.69, 9.17) is 0 Å². The molecular weight excluding hydrogens is 352 g/mol. The molecule has 2 aliphatic rings. The Bertz CT molecular complexity index is 839. The minimum absolute atomic E-state index is 0.0284. The average Bonchev–Trinajstić information content (AvgIpc) is 3.26. The molecule has 1 N–H and O–H groups in total. The molecule has 1 aromatic carbocycles. The van der Waals surface area contributed by atoms with E-state index in [9.17, 15) is 18.0 Å². The fourth-order valence-electron chi connectivity index (χ4n) is 3.87. The van der Waals surface area contributed by atoms with E-state index in [1.807, 2.05) is 32.9 Å². The molecule has 0 bridgehead atoms. The summed E-state index contributed by atoms with van der Waals surface area (Å²) in [5, 5.41) is 2.97. The van der Waals surface area contributed by atoms with Crippen molar-refractivity contribution in [3.8, 4) is 0 Å². The van der Waals surface area contributed by atoms with Gasteiger partial charge in [-0.05, 0) is 44.7 Å². The van der Waals surface area contributed by atoms with Crippen LogP contribution < -0.4 is 5.32 Å². The largest absolute Gasteiger partial charge is 0.341 e. The summed E-state index contributed by atoms with van der Waals surface area (Å²) in [6.45, 7) is 5.93. The zero-order valence-corrected chi connectivity index (χ0v) is 16.5. The number of nitrogens with zero attached hydrogens (tertiary/aromatic N) is 1. The van der Waals surface area contributed by atoms with Crippen molar-refractivity contribution < 1.29 is 18.0 Å². The van der Waals surface area contributed by atoms with Crippen LogP contribution in [0.4, 0.5) is 5.69 Å². The summed E-state index contributed by atoms with van der Waals surface area (Å²) < 4.78 is 23.2. The van der Waals surface area contributed by atoms with E-state index in [0.29, 0.717) is 12.8 Å². The molecule has 2 fully saturated rings. The minimum atomic E-state index is -3.04. The Morgan fingerprint density at radius 3 is 2.27 bits per heavy atom. The molecule has 2 amide bonds. The number of nitrogens with one attached hydrogen (secondary N) is 1. The number of anilines is 1. The molecule has 1 aliphatic heterocycles. The van der Waals surface area contributed by atoms with Crippen molar-refractivity contribution in [3.63, 3.8) is 0 Å². The van der Waals surface area contributed by atoms with Crippen molar-refractivity contribution in [2.24, 2.45) is 11.8 Å². The molecule has 3 unspecified atom stereocenters. The van der Waals surface area contributed by atoms with Crippen LogP contribution in [0.15, 0.2) is 12.1 Å². The Morgan fingerprint density at radius 1 is 1.12 bits per heavy atom. The topological polar surface area (TPSA) is 83.6 Å². The van der Waals surface area contributed by atoms with Crippen molar-refractivity contribution in [2.75, 3.05) is 23.9 Å². The van der Waals surface area contributed by atoms with Gasteiger partial charge in [0.15, 0.2) is 9.84 Å². The number of carbonyl (C=O) groups is 2. The number of amides is 2. The summed E-state index contributed by atoms with van der Waals surface area (Å²) in [6.07, 6.45) is 1.01. The molecule has 7 heteroatoms. The lowest BCUT2D eigenvalue weighted by Crippen LogP contribution is -2.39. The minimum Gasteiger partial charge on any atom is -0.341 e. The number of benzene rings is 1. The highest BCUT2D eigenvalue weighted by Crippen LogP contribution is 2.41. The van der Waals surface area contributed by atoms with Crippen LogP contribution in [-0.4, -0.2) is 49.7 Å². The van der Waals surface area contributed by atoms with Crippen LogP contribution in [0, 0.1) is 32.6 Å². The van der Waals surface area contributed by atoms with E-state index >= 15 is 0 Å². The molecule has 0 radical (unpaired) electrons. The first-order valence-corrected chi connectivity index (χ1v) is 10.8. The van der Waals surface area contributed by atoms with Gasteiger partial charge in [-0.15, -0.1) is 0 Å². The van der Waals surface area contributed by atoms with Crippen LogP contribution in [-0.2, 0) is 19.4 Å². The monoisotopic (exact) mass is 378 g/mol. The summed E-state index contributed by atoms with van der Waals surface area (Å²) in [5.41, 5.74) is 3.97. The normalized spacial score (nSPS) is 26.4. The third-order valence-corrected chi connectivity index (χ3v) is 7.22. The molecule has 0 aromatic heterocycles. The number of aryl methyl sites for hydroxylation is 3. The maximum Gasteiger partial charge on any atom is 0.228 e. The van der Waals surface area contributed by atoms with Crippen LogP contribution in [0.2, 0.25) is 0 Å². The molecule has 1 aromatic rings. The maximum atomic E-state index is 12.6. The van der Waals surface area contributed by atoms with Gasteiger partial charge in [-0.3, -0.25) is 9.59 Å². The van der Waals surface area contributed by atoms with Crippen LogP contribution in [0.1, 0.15) is 29.5 Å². The zero-order chi connectivity index (χ0) is 19.2. The van der Waals surface area contributed by atoms with E-state index in [2.05, 4.69) is 5.32 Å². The standard InChI is InChI=1S/C19H26N2O4S/c1-11-7-12(2)17(13(3)8-11)20-18(22)15-9-16(15)19(23)21(4)14-5-6-26(24,25)10-14/h7-8,14-16H,5-6,9-10H2,1-4H3,(H,20,22). The number of hydrogen-bond donors (Lipinski definition) is 1. The Balaban J connectivity index is 1.61. The summed E-state index contributed by atoms with van der Waals surface area (Å²) in [5.74, 6) is -0.760. The lowest BCUT2D eigenvalue weighted by molar-refractivity contribution is -0.134. The first kappa shape index (κ1) is 18.9. The summed E-state index contributed by atoms with van der Waals surface area (Å²) in [6, 6.07) is 3.78. The van der Waals surface area contributed by atoms with Gasteiger partial charge in [-0.1, -0.05) is 17.7 Å². The second kappa shape index (κ2) is 6.68. The predicted octanol–water partition coefficient (Wildman–Crippen LogP) is 1.83. The quantitative estimate of drug-likeness (QED) is 0.866. The summed E-state index contributed by atoms with van der Waals surface area (Å²) >= 11 is 0. The fraction of sp³-hybridized carbons (Fsp3) is 0.579. The van der Waals surface area contributed by atoms with Gasteiger partial charge in [-0.25, -0.2) is 8.42 Å². The van der Waals surface area contributed by atoms with Gasteiger partial charge in [0.2, 0.25) is 11.8 Å². The average molecular weight is 378 g/mol. The molecule has 1 saturated carbocycles. The van der Waals surface area contributed by atoms with E-state index in [-0.39, 0.29) is 41.2 Å². The highest BCUT2D eigenvalue weighted by Gasteiger charge is 2.50. The number of rotatable bonds is 4.